The van der Waals surface area contributed by atoms with Crippen LogP contribution in [0.5, 0.6) is 0 Å². The van der Waals surface area contributed by atoms with Crippen molar-refractivity contribution >= 4 is 17.4 Å². The van der Waals surface area contributed by atoms with E-state index >= 15 is 0 Å². The van der Waals surface area contributed by atoms with Gasteiger partial charge in [-0.05, 0) is 31.3 Å². The number of carbonyl (C=O) groups excluding carboxylic acids is 1. The Balaban J connectivity index is 1.59. The van der Waals surface area contributed by atoms with Gasteiger partial charge < -0.3 is 24.2 Å². The summed E-state index contributed by atoms with van der Waals surface area (Å²) in [6.07, 6.45) is 0.427. The number of ether oxygens (including phenoxy) is 2. The molecule has 0 amide bonds. The lowest BCUT2D eigenvalue weighted by atomic mass is 10.2. The zero-order valence-electron chi connectivity index (χ0n) is 16.2. The molecule has 0 N–H and O–H groups in total. The smallest absolute Gasteiger partial charge is 0.307 e. The predicted molar refractivity (Wildman–Crippen MR) is 105 cm³/mol. The van der Waals surface area contributed by atoms with Crippen LogP contribution in [0.2, 0.25) is 0 Å². The van der Waals surface area contributed by atoms with Crippen molar-refractivity contribution in [3.05, 3.63) is 36.4 Å². The summed E-state index contributed by atoms with van der Waals surface area (Å²) in [7, 11) is 6.12. The maximum absolute atomic E-state index is 11.8. The number of piperazine rings is 1. The Morgan fingerprint density at radius 1 is 1.08 bits per heavy atom. The SMILES string of the molecule is C=C(OCCOC(=O)CCN1CCN(C)CC1)c1ccc(N(C)C)cc1. The van der Waals surface area contributed by atoms with E-state index in [9.17, 15) is 4.79 Å². The van der Waals surface area contributed by atoms with Gasteiger partial charge in [-0.3, -0.25) is 4.79 Å². The molecule has 0 spiro atoms. The van der Waals surface area contributed by atoms with Gasteiger partial charge in [0.05, 0.1) is 6.42 Å². The molecule has 6 nitrogen and oxygen atoms in total. The Hall–Kier alpha value is -2.05. The van der Waals surface area contributed by atoms with Gasteiger partial charge in [0.25, 0.3) is 0 Å². The summed E-state index contributed by atoms with van der Waals surface area (Å²) < 4.78 is 10.8. The van der Waals surface area contributed by atoms with E-state index in [1.807, 2.05) is 43.3 Å². The van der Waals surface area contributed by atoms with Gasteiger partial charge in [-0.25, -0.2) is 0 Å². The van der Waals surface area contributed by atoms with Crippen LogP contribution >= 0.6 is 0 Å². The summed E-state index contributed by atoms with van der Waals surface area (Å²) in [6, 6.07) is 7.98. The van der Waals surface area contributed by atoms with E-state index in [2.05, 4.69) is 23.4 Å². The second kappa shape index (κ2) is 10.2. The second-order valence-electron chi connectivity index (χ2n) is 6.83. The molecule has 1 aromatic rings. The Labute approximate surface area is 157 Å². The quantitative estimate of drug-likeness (QED) is 0.380. The number of nitrogens with zero attached hydrogens (tertiary/aromatic N) is 3. The highest BCUT2D eigenvalue weighted by Crippen LogP contribution is 2.18. The van der Waals surface area contributed by atoms with Crippen LogP contribution in [0.4, 0.5) is 5.69 Å². The molecule has 1 aromatic carbocycles. The highest BCUT2D eigenvalue weighted by molar-refractivity contribution is 5.69. The molecule has 0 aliphatic carbocycles. The third-order valence-electron chi connectivity index (χ3n) is 4.56. The molecular weight excluding hydrogens is 330 g/mol. The minimum atomic E-state index is -0.173. The van der Waals surface area contributed by atoms with Gasteiger partial charge in [0.2, 0.25) is 0 Å². The lowest BCUT2D eigenvalue weighted by molar-refractivity contribution is -0.145. The number of hydrogen-bond acceptors (Lipinski definition) is 6. The largest absolute Gasteiger partial charge is 0.490 e. The van der Waals surface area contributed by atoms with Crippen LogP contribution in [0, 0.1) is 0 Å². The van der Waals surface area contributed by atoms with Gasteiger partial charge >= 0.3 is 5.97 Å². The number of hydrogen-bond donors (Lipinski definition) is 0. The number of anilines is 1. The van der Waals surface area contributed by atoms with Crippen LogP contribution in [0.15, 0.2) is 30.8 Å². The molecule has 0 aromatic heterocycles. The molecule has 1 fully saturated rings. The Morgan fingerprint density at radius 2 is 1.69 bits per heavy atom. The minimum absolute atomic E-state index is 0.173. The van der Waals surface area contributed by atoms with Crippen molar-refractivity contribution < 1.29 is 14.3 Å². The number of likely N-dealkylation sites (N-methyl/N-ethyl adjacent to an activating group) is 1. The molecule has 1 aliphatic heterocycles. The Kier molecular flexibility index (Phi) is 7.94. The van der Waals surface area contributed by atoms with Crippen LogP contribution in [0.25, 0.3) is 5.76 Å². The highest BCUT2D eigenvalue weighted by Gasteiger charge is 2.15. The maximum Gasteiger partial charge on any atom is 0.307 e. The zero-order chi connectivity index (χ0) is 18.9. The number of esters is 1. The number of rotatable bonds is 9. The van der Waals surface area contributed by atoms with Gasteiger partial charge in [0.15, 0.2) is 0 Å². The fourth-order valence-corrected chi connectivity index (χ4v) is 2.74. The van der Waals surface area contributed by atoms with Crippen molar-refractivity contribution in [3.63, 3.8) is 0 Å². The van der Waals surface area contributed by atoms with Crippen molar-refractivity contribution in [2.45, 2.75) is 6.42 Å². The van der Waals surface area contributed by atoms with Gasteiger partial charge in [-0.1, -0.05) is 6.58 Å². The monoisotopic (exact) mass is 361 g/mol. The maximum atomic E-state index is 11.8. The van der Waals surface area contributed by atoms with E-state index in [1.165, 1.54) is 0 Å². The first kappa shape index (κ1) is 20.3. The standard InChI is InChI=1S/C20H31N3O3/c1-17(18-5-7-19(8-6-18)21(2)3)25-15-16-26-20(24)9-10-23-13-11-22(4)12-14-23/h5-8H,1,9-16H2,2-4H3. The molecule has 0 radical (unpaired) electrons. The lowest BCUT2D eigenvalue weighted by Gasteiger charge is -2.31. The molecule has 2 rings (SSSR count). The lowest BCUT2D eigenvalue weighted by Crippen LogP contribution is -2.45. The fourth-order valence-electron chi connectivity index (χ4n) is 2.74. The first-order valence-corrected chi connectivity index (χ1v) is 9.11. The molecule has 1 heterocycles. The van der Waals surface area contributed by atoms with Crippen LogP contribution < -0.4 is 4.90 Å². The van der Waals surface area contributed by atoms with E-state index in [4.69, 9.17) is 9.47 Å². The summed E-state index contributed by atoms with van der Waals surface area (Å²) in [6.45, 7) is 9.39. The van der Waals surface area contributed by atoms with Crippen LogP contribution in [-0.4, -0.2) is 82.8 Å². The van der Waals surface area contributed by atoms with Gasteiger partial charge in [0, 0.05) is 58.1 Å². The first-order valence-electron chi connectivity index (χ1n) is 9.11. The van der Waals surface area contributed by atoms with Crippen LogP contribution in [0.3, 0.4) is 0 Å². The molecule has 26 heavy (non-hydrogen) atoms. The van der Waals surface area contributed by atoms with E-state index < -0.39 is 0 Å². The minimum Gasteiger partial charge on any atom is -0.490 e. The van der Waals surface area contributed by atoms with E-state index in [-0.39, 0.29) is 12.6 Å². The molecule has 0 unspecified atom stereocenters. The molecule has 0 saturated carbocycles. The summed E-state index contributed by atoms with van der Waals surface area (Å²) in [4.78, 5) is 18.5. The van der Waals surface area contributed by atoms with Crippen molar-refractivity contribution in [3.8, 4) is 0 Å². The van der Waals surface area contributed by atoms with Gasteiger partial charge in [-0.2, -0.15) is 0 Å². The third-order valence-corrected chi connectivity index (χ3v) is 4.56. The van der Waals surface area contributed by atoms with Gasteiger partial charge in [0.1, 0.15) is 19.0 Å². The summed E-state index contributed by atoms with van der Waals surface area (Å²) in [5.74, 6) is 0.414. The van der Waals surface area contributed by atoms with Crippen molar-refractivity contribution in [2.75, 3.05) is 72.0 Å². The summed E-state index contributed by atoms with van der Waals surface area (Å²) in [5, 5.41) is 0. The molecule has 6 heteroatoms. The fraction of sp³-hybridized carbons (Fsp3) is 0.550. The third kappa shape index (κ3) is 6.69. The molecule has 0 bridgehead atoms. The van der Waals surface area contributed by atoms with Crippen molar-refractivity contribution in [1.29, 1.82) is 0 Å². The predicted octanol–water partition coefficient (Wildman–Crippen LogP) is 1.92. The van der Waals surface area contributed by atoms with Crippen LogP contribution in [-0.2, 0) is 14.3 Å². The van der Waals surface area contributed by atoms with Gasteiger partial charge in [-0.15, -0.1) is 0 Å². The second-order valence-corrected chi connectivity index (χ2v) is 6.83. The normalized spacial score (nSPS) is 15.5. The first-order chi connectivity index (χ1) is 12.5. The Bertz CT molecular complexity index is 578. The van der Waals surface area contributed by atoms with E-state index in [0.717, 1.165) is 44.0 Å². The average Bonchev–Trinajstić information content (AvgIpc) is 2.64. The number of benzene rings is 1. The molecular formula is C20H31N3O3. The molecule has 0 atom stereocenters. The summed E-state index contributed by atoms with van der Waals surface area (Å²) >= 11 is 0. The number of carbonyl (C=O) groups is 1. The highest BCUT2D eigenvalue weighted by atomic mass is 16.6. The Morgan fingerprint density at radius 3 is 2.31 bits per heavy atom. The van der Waals surface area contributed by atoms with Crippen molar-refractivity contribution in [1.82, 2.24) is 9.80 Å². The topological polar surface area (TPSA) is 45.3 Å². The molecule has 1 aliphatic rings. The average molecular weight is 361 g/mol. The van der Waals surface area contributed by atoms with Crippen molar-refractivity contribution in [2.24, 2.45) is 0 Å². The van der Waals surface area contributed by atoms with Crippen LogP contribution in [0.1, 0.15) is 12.0 Å². The molecule has 1 saturated heterocycles. The van der Waals surface area contributed by atoms with E-state index in [0.29, 0.717) is 18.8 Å². The zero-order valence-corrected chi connectivity index (χ0v) is 16.2. The van der Waals surface area contributed by atoms with E-state index in [1.54, 1.807) is 0 Å². The molecule has 144 valence electrons. The summed E-state index contributed by atoms with van der Waals surface area (Å²) in [5.41, 5.74) is 2.05.